The Morgan fingerprint density at radius 2 is 0.846 bits per heavy atom. The molecule has 41 nitrogen and oxygen atoms in total. The van der Waals surface area contributed by atoms with Crippen molar-refractivity contribution < 1.29 is 203 Å². The summed E-state index contributed by atoms with van der Waals surface area (Å²) in [7, 11) is 0. The van der Waals surface area contributed by atoms with Crippen molar-refractivity contribution in [2.75, 3.05) is 46.2 Å². The van der Waals surface area contributed by atoms with Gasteiger partial charge in [0.25, 0.3) is 0 Å². The molecule has 8 heterocycles. The highest BCUT2D eigenvalue weighted by Crippen LogP contribution is 2.76. The lowest BCUT2D eigenvalue weighted by atomic mass is 9.33. The SMILES string of the molecule is C[C@@H]1O[C@@H](O[C@H]2[C@H](OC(=O)[C@@]34CC[C@]5(C)C(=CC[C@@H]6[C@@]7(C)CC[C@H](O[C@@H]8O[C@H](CO[C@@H]9O[C@H](CO)[C@H](O)[C@H](O)[C@H]9O[C@@H]9OC[C@@H](O)[C@H](O)[C@H]9O)[C@@H](O)[C@H](O)[C@H]8O[C@@H]8O[C@H](CO)[C@@H](O)[C@H](O)[C@H]8O)C(C)(C)[C@@H]7CC[C@]65C)[C@@H]3CC(C)(C)[C@@H](O)C4)O[C@H](CO)[C@@H](O)[C@@H]2O)[C@H](O)[C@H](O[C@@H]2O[C@H](CO)[C@@H](O)[C@H](O)[C@H]2O)[C@H]1O[C@@H]1O[C@@H](CO)[C@H](O)[C@H]1O. The lowest BCUT2D eigenvalue weighted by molar-refractivity contribution is -0.390. The first-order chi connectivity index (χ1) is 55.0. The maximum Gasteiger partial charge on any atom is 0.315 e. The van der Waals surface area contributed by atoms with E-state index in [1.807, 2.05) is 27.7 Å². The highest BCUT2D eigenvalue weighted by molar-refractivity contribution is 5.79. The predicted octanol–water partition coefficient (Wildman–Crippen LogP) is -9.46. The maximum absolute atomic E-state index is 16.0. The van der Waals surface area contributed by atoms with E-state index in [0.717, 1.165) is 5.57 Å². The molecule has 0 radical (unpaired) electrons. The van der Waals surface area contributed by atoms with E-state index in [1.54, 1.807) is 0 Å². The Morgan fingerprint density at radius 1 is 0.410 bits per heavy atom. The van der Waals surface area contributed by atoms with Gasteiger partial charge in [0.1, 0.15) is 171 Å². The summed E-state index contributed by atoms with van der Waals surface area (Å²) in [5.41, 5.74) is -3.77. The molecule has 117 heavy (non-hydrogen) atoms. The zero-order valence-electron chi connectivity index (χ0n) is 66.4. The van der Waals surface area contributed by atoms with Crippen molar-refractivity contribution in [1.82, 2.24) is 0 Å². The van der Waals surface area contributed by atoms with Gasteiger partial charge in [-0.25, -0.2) is 0 Å². The van der Waals surface area contributed by atoms with Crippen molar-refractivity contribution in [1.29, 1.82) is 0 Å². The Bertz CT molecular complexity index is 3350. The summed E-state index contributed by atoms with van der Waals surface area (Å²) in [4.78, 5) is 16.0. The Kier molecular flexibility index (Phi) is 28.0. The first kappa shape index (κ1) is 92.3. The third-order valence-electron chi connectivity index (χ3n) is 29.3. The molecule has 8 saturated heterocycles. The van der Waals surface area contributed by atoms with Gasteiger partial charge in [0.05, 0.1) is 70.0 Å². The van der Waals surface area contributed by atoms with E-state index in [0.29, 0.717) is 38.5 Å². The van der Waals surface area contributed by atoms with Gasteiger partial charge >= 0.3 is 5.97 Å². The summed E-state index contributed by atoms with van der Waals surface area (Å²) in [6.45, 7) is 10.5. The summed E-state index contributed by atoms with van der Waals surface area (Å²) in [6, 6.07) is 0. The van der Waals surface area contributed by atoms with E-state index < -0.39 is 336 Å². The number of fused-ring (bicyclic) bond motifs is 7. The van der Waals surface area contributed by atoms with E-state index in [-0.39, 0.29) is 31.1 Å². The highest BCUT2D eigenvalue weighted by Gasteiger charge is 2.72. The van der Waals surface area contributed by atoms with Gasteiger partial charge in [-0.2, -0.15) is 0 Å². The number of carbonyl (C=O) groups is 1. The average molecular weight is 1690 g/mol. The van der Waals surface area contributed by atoms with Crippen molar-refractivity contribution in [2.45, 2.75) is 359 Å². The molecule has 12 fully saturated rings. The van der Waals surface area contributed by atoms with Crippen LogP contribution in [0.1, 0.15) is 113 Å². The molecule has 5 aliphatic carbocycles. The highest BCUT2D eigenvalue weighted by atomic mass is 16.8. The molecule has 4 saturated carbocycles. The number of hydrogen-bond acceptors (Lipinski definition) is 41. The van der Waals surface area contributed by atoms with E-state index in [4.69, 9.17) is 75.8 Å². The first-order valence-electron chi connectivity index (χ1n) is 40.7. The van der Waals surface area contributed by atoms with Crippen molar-refractivity contribution in [2.24, 2.45) is 50.2 Å². The largest absolute Gasteiger partial charge is 0.432 e. The second-order valence-corrected chi connectivity index (χ2v) is 36.6. The van der Waals surface area contributed by atoms with E-state index >= 15 is 4.79 Å². The van der Waals surface area contributed by atoms with Gasteiger partial charge in [-0.3, -0.25) is 4.79 Å². The topological polar surface area (TPSA) is 650 Å². The zero-order valence-corrected chi connectivity index (χ0v) is 66.4. The minimum Gasteiger partial charge on any atom is -0.432 e. The molecular formula is C76H124O41. The second-order valence-electron chi connectivity index (χ2n) is 36.6. The van der Waals surface area contributed by atoms with Crippen LogP contribution in [-0.4, -0.2) is 420 Å². The summed E-state index contributed by atoms with van der Waals surface area (Å²) >= 11 is 0. The van der Waals surface area contributed by atoms with Gasteiger partial charge in [-0.1, -0.05) is 60.1 Å². The molecule has 674 valence electrons. The normalized spacial score (nSPS) is 54.4. The molecule has 0 aromatic rings. The van der Waals surface area contributed by atoms with Gasteiger partial charge in [0.2, 0.25) is 6.29 Å². The number of rotatable bonds is 22. The fourth-order valence-electron chi connectivity index (χ4n) is 21.8. The lowest BCUT2D eigenvalue weighted by Gasteiger charge is -2.71. The van der Waals surface area contributed by atoms with Crippen LogP contribution in [0.5, 0.6) is 0 Å². The fraction of sp³-hybridized carbons (Fsp3) is 0.961. The third kappa shape index (κ3) is 16.3. The molecule has 0 aromatic carbocycles. The Labute approximate surface area is 673 Å². The van der Waals surface area contributed by atoms with Gasteiger partial charge in [-0.05, 0) is 110 Å². The molecule has 41 heteroatoms. The van der Waals surface area contributed by atoms with Gasteiger partial charge in [0.15, 0.2) is 50.1 Å². The molecule has 0 aromatic heterocycles. The van der Waals surface area contributed by atoms with Crippen LogP contribution in [0.3, 0.4) is 0 Å². The van der Waals surface area contributed by atoms with Crippen molar-refractivity contribution in [3.05, 3.63) is 11.6 Å². The maximum atomic E-state index is 16.0. The molecular weight excluding hydrogens is 1570 g/mol. The Balaban J connectivity index is 0.752. The van der Waals surface area contributed by atoms with Crippen LogP contribution in [0.4, 0.5) is 0 Å². The Hall–Kier alpha value is -2.35. The van der Waals surface area contributed by atoms with Crippen LogP contribution in [0.25, 0.3) is 0 Å². The van der Waals surface area contributed by atoms with Crippen LogP contribution in [0.15, 0.2) is 11.6 Å². The van der Waals surface area contributed by atoms with E-state index in [1.165, 1.54) is 6.92 Å². The molecule has 0 spiro atoms. The molecule has 0 bridgehead atoms. The smallest absolute Gasteiger partial charge is 0.315 e. The minimum atomic E-state index is -2.17. The fourth-order valence-corrected chi connectivity index (χ4v) is 21.8. The average Bonchev–Trinajstić information content (AvgIpc) is 0.831. The summed E-state index contributed by atoms with van der Waals surface area (Å²) in [6.07, 6.45) is -64.9. The number of esters is 1. The standard InChI is InChI=1S/C76H124O41/c1-26-57(112-63-53(97)45(89)34(23-81)107-63)58(113-64-54(98)47(91)41(85)30(19-77)105-64)56(100)66(104-26)116-61-50(94)44(88)33(22-80)109-69(61)117-70(101)76-16-15-74(7)27(28(76)17-71(2,3)38(83)18-76)9-10-37-73(6)13-12-39(72(4,5)36(73)11-14-75(37,74)8)111-68-60(115-65-55(99)48(92)42(86)31(20-78)106-65)51(95)46(90)35(110-68)25-103-67-59(49(93)43(87)32(21-79)108-67)114-62-52(96)40(84)29(82)24-102-62/h9,26,28-69,77-100H,10-25H2,1-8H3/t26-,28-,29+,30+,31+,32+,33+,34-,35+,36-,37+,38-,39-,40-,41+,42+,43-,44+,45-,46+,47-,48-,49-,50-,51-,52+,53+,54+,55+,56+,57-,58-,59+,60+,61+,62-,63-,64-,65-,66-,67+,68-,69-,73-,74+,75+,76+/m0/s1. The van der Waals surface area contributed by atoms with E-state index in [9.17, 15) is 123 Å². The van der Waals surface area contributed by atoms with Gasteiger partial charge < -0.3 is 198 Å². The monoisotopic (exact) mass is 1690 g/mol. The van der Waals surface area contributed by atoms with Crippen molar-refractivity contribution in [3.63, 3.8) is 0 Å². The Morgan fingerprint density at radius 3 is 1.39 bits per heavy atom. The van der Waals surface area contributed by atoms with Gasteiger partial charge in [-0.15, -0.1) is 0 Å². The number of aliphatic hydroxyl groups is 24. The zero-order chi connectivity index (χ0) is 85.3. The van der Waals surface area contributed by atoms with Crippen molar-refractivity contribution in [3.8, 4) is 0 Å². The number of hydrogen-bond donors (Lipinski definition) is 24. The van der Waals surface area contributed by atoms with Gasteiger partial charge in [0, 0.05) is 0 Å². The van der Waals surface area contributed by atoms with Crippen LogP contribution < -0.4 is 0 Å². The number of aliphatic hydroxyl groups excluding tert-OH is 24. The number of allylic oxidation sites excluding steroid dienone is 2. The quantitative estimate of drug-likeness (QED) is 0.0272. The van der Waals surface area contributed by atoms with E-state index in [2.05, 4.69) is 26.8 Å². The molecule has 0 unspecified atom stereocenters. The van der Waals surface area contributed by atoms with Crippen molar-refractivity contribution >= 4 is 5.97 Å². The number of ether oxygens (including phenoxy) is 16. The second kappa shape index (κ2) is 35.5. The summed E-state index contributed by atoms with van der Waals surface area (Å²) in [5.74, 6) is -1.70. The molecule has 8 aliphatic heterocycles. The summed E-state index contributed by atoms with van der Waals surface area (Å²) in [5, 5.41) is 264. The molecule has 47 atom stereocenters. The first-order valence-corrected chi connectivity index (χ1v) is 40.7. The lowest BCUT2D eigenvalue weighted by Crippen LogP contribution is -2.68. The van der Waals surface area contributed by atoms with Crippen LogP contribution in [0, 0.1) is 50.2 Å². The molecule has 0 amide bonds. The molecule has 13 aliphatic rings. The van der Waals surface area contributed by atoms with Crippen LogP contribution in [-0.2, 0) is 80.6 Å². The van der Waals surface area contributed by atoms with Crippen LogP contribution >= 0.6 is 0 Å². The predicted molar refractivity (Wildman–Crippen MR) is 381 cm³/mol. The van der Waals surface area contributed by atoms with Crippen LogP contribution in [0.2, 0.25) is 0 Å². The third-order valence-corrected chi connectivity index (χ3v) is 29.3. The molecule has 13 rings (SSSR count). The minimum absolute atomic E-state index is 0.0503. The molecule has 24 N–H and O–H groups in total. The number of carbonyl (C=O) groups excluding carboxylic acids is 1. The summed E-state index contributed by atoms with van der Waals surface area (Å²) < 4.78 is 97.2.